The summed E-state index contributed by atoms with van der Waals surface area (Å²) in [6, 6.07) is -0.571. The van der Waals surface area contributed by atoms with Crippen molar-refractivity contribution < 1.29 is 9.53 Å². The first kappa shape index (κ1) is 8.81. The fourth-order valence-corrected chi connectivity index (χ4v) is 0.386. The van der Waals surface area contributed by atoms with Crippen molar-refractivity contribution in [1.82, 2.24) is 4.90 Å². The molecule has 0 bridgehead atoms. The lowest BCUT2D eigenvalue weighted by molar-refractivity contribution is 0.147. The van der Waals surface area contributed by atoms with Crippen LogP contribution in [0.15, 0.2) is 12.5 Å². The molecule has 2 N–H and O–H groups in total. The molecule has 4 heteroatoms. The zero-order chi connectivity index (χ0) is 8.15. The van der Waals surface area contributed by atoms with E-state index in [0.717, 1.165) is 4.90 Å². The van der Waals surface area contributed by atoms with E-state index in [1.807, 2.05) is 0 Å². The van der Waals surface area contributed by atoms with Crippen LogP contribution in [0.3, 0.4) is 0 Å². The van der Waals surface area contributed by atoms with Gasteiger partial charge in [0.05, 0.1) is 6.61 Å². The summed E-state index contributed by atoms with van der Waals surface area (Å²) in [4.78, 5) is 11.6. The predicted molar refractivity (Wildman–Crippen MR) is 38.1 cm³/mol. The lowest BCUT2D eigenvalue weighted by Crippen LogP contribution is -2.31. The van der Waals surface area contributed by atoms with Crippen LogP contribution in [0.5, 0.6) is 0 Å². The second-order valence-corrected chi connectivity index (χ2v) is 1.72. The largest absolute Gasteiger partial charge is 0.479 e. The van der Waals surface area contributed by atoms with Crippen LogP contribution < -0.4 is 5.73 Å². The third kappa shape index (κ3) is 2.39. The number of nitrogens with zero attached hydrogens (tertiary/aromatic N) is 1. The number of carbonyl (C=O) groups is 1. The molecule has 0 aliphatic rings. The summed E-state index contributed by atoms with van der Waals surface area (Å²) in [6.07, 6.45) is 0. The maximum absolute atomic E-state index is 10.4. The van der Waals surface area contributed by atoms with Crippen LogP contribution in [-0.4, -0.2) is 24.6 Å². The van der Waals surface area contributed by atoms with Crippen LogP contribution in [0.25, 0.3) is 0 Å². The molecule has 10 heavy (non-hydrogen) atoms. The number of amides is 2. The van der Waals surface area contributed by atoms with Gasteiger partial charge in [0.15, 0.2) is 5.88 Å². The van der Waals surface area contributed by atoms with E-state index in [1.165, 1.54) is 7.05 Å². The van der Waals surface area contributed by atoms with E-state index in [2.05, 4.69) is 6.58 Å². The summed E-state index contributed by atoms with van der Waals surface area (Å²) in [5.74, 6) is 0.273. The Bertz CT molecular complexity index is 145. The number of carbonyl (C=O) groups excluding carboxylic acids is 1. The van der Waals surface area contributed by atoms with Gasteiger partial charge in [-0.1, -0.05) is 0 Å². The van der Waals surface area contributed by atoms with Gasteiger partial charge in [-0.15, -0.1) is 0 Å². The van der Waals surface area contributed by atoms with E-state index in [-0.39, 0.29) is 5.88 Å². The van der Waals surface area contributed by atoms with Crippen molar-refractivity contribution in [1.29, 1.82) is 0 Å². The van der Waals surface area contributed by atoms with Crippen molar-refractivity contribution in [2.45, 2.75) is 6.92 Å². The highest BCUT2D eigenvalue weighted by molar-refractivity contribution is 5.73. The van der Waals surface area contributed by atoms with Gasteiger partial charge in [-0.2, -0.15) is 0 Å². The Kier molecular flexibility index (Phi) is 3.32. The normalized spacial score (nSPS) is 8.60. The molecule has 0 saturated heterocycles. The first-order valence-electron chi connectivity index (χ1n) is 2.94. The minimum Gasteiger partial charge on any atom is -0.479 e. The number of hydrogen-bond acceptors (Lipinski definition) is 2. The van der Waals surface area contributed by atoms with Crippen LogP contribution in [0.2, 0.25) is 0 Å². The molecular weight excluding hydrogens is 132 g/mol. The summed E-state index contributed by atoms with van der Waals surface area (Å²) in [7, 11) is 1.50. The van der Waals surface area contributed by atoms with E-state index < -0.39 is 6.03 Å². The number of ether oxygens (including phenoxy) is 1. The van der Waals surface area contributed by atoms with E-state index >= 15 is 0 Å². The maximum atomic E-state index is 10.4. The minimum atomic E-state index is -0.571. The van der Waals surface area contributed by atoms with Gasteiger partial charge in [-0.05, 0) is 13.5 Å². The molecular formula is C6H12N2O2. The van der Waals surface area contributed by atoms with E-state index in [0.29, 0.717) is 6.61 Å². The predicted octanol–water partition coefficient (Wildman–Crippen LogP) is 0.505. The van der Waals surface area contributed by atoms with Crippen LogP contribution in [0, 0.1) is 0 Å². The molecule has 58 valence electrons. The monoisotopic (exact) mass is 144 g/mol. The third-order valence-corrected chi connectivity index (χ3v) is 1.02. The Balaban J connectivity index is 3.82. The van der Waals surface area contributed by atoms with Crippen LogP contribution in [0.4, 0.5) is 4.79 Å². The second kappa shape index (κ2) is 3.76. The van der Waals surface area contributed by atoms with E-state index in [9.17, 15) is 4.79 Å². The molecule has 0 saturated carbocycles. The van der Waals surface area contributed by atoms with Gasteiger partial charge in [0.25, 0.3) is 0 Å². The highest BCUT2D eigenvalue weighted by Crippen LogP contribution is 1.97. The highest BCUT2D eigenvalue weighted by atomic mass is 16.5. The second-order valence-electron chi connectivity index (χ2n) is 1.72. The molecule has 0 rings (SSSR count). The molecule has 0 fully saturated rings. The van der Waals surface area contributed by atoms with Gasteiger partial charge < -0.3 is 10.5 Å². The van der Waals surface area contributed by atoms with Crippen LogP contribution >= 0.6 is 0 Å². The topological polar surface area (TPSA) is 55.6 Å². The summed E-state index contributed by atoms with van der Waals surface area (Å²) >= 11 is 0. The van der Waals surface area contributed by atoms with Gasteiger partial charge in [-0.3, -0.25) is 4.90 Å². The van der Waals surface area contributed by atoms with Crippen molar-refractivity contribution in [2.24, 2.45) is 5.73 Å². The van der Waals surface area contributed by atoms with Gasteiger partial charge >= 0.3 is 6.03 Å². The Morgan fingerprint density at radius 3 is 2.60 bits per heavy atom. The van der Waals surface area contributed by atoms with Crippen molar-refractivity contribution in [3.63, 3.8) is 0 Å². The quantitative estimate of drug-likeness (QED) is 0.586. The third-order valence-electron chi connectivity index (χ3n) is 1.02. The van der Waals surface area contributed by atoms with Gasteiger partial charge in [0.2, 0.25) is 0 Å². The molecule has 0 aromatic rings. The number of primary amides is 1. The van der Waals surface area contributed by atoms with Crippen LogP contribution in [0.1, 0.15) is 6.92 Å². The maximum Gasteiger partial charge on any atom is 0.321 e. The summed E-state index contributed by atoms with van der Waals surface area (Å²) in [5.41, 5.74) is 4.91. The van der Waals surface area contributed by atoms with E-state index in [4.69, 9.17) is 10.5 Å². The molecule has 0 aromatic heterocycles. The molecule has 0 radical (unpaired) electrons. The van der Waals surface area contributed by atoms with Crippen molar-refractivity contribution >= 4 is 6.03 Å². The SMILES string of the molecule is C=C(OCC)N(C)C(N)=O. The number of hydrogen-bond donors (Lipinski definition) is 1. The molecule has 0 atom stereocenters. The Hall–Kier alpha value is -1.19. The average molecular weight is 144 g/mol. The number of urea groups is 1. The molecule has 0 aliphatic carbocycles. The Morgan fingerprint density at radius 1 is 1.80 bits per heavy atom. The molecule has 0 aromatic carbocycles. The van der Waals surface area contributed by atoms with Gasteiger partial charge in [0, 0.05) is 7.05 Å². The first-order valence-corrected chi connectivity index (χ1v) is 2.94. The standard InChI is InChI=1S/C6H12N2O2/c1-4-10-5(2)8(3)6(7)9/h2,4H2,1,3H3,(H2,7,9). The van der Waals surface area contributed by atoms with Crippen molar-refractivity contribution in [3.05, 3.63) is 12.5 Å². The lowest BCUT2D eigenvalue weighted by atomic mass is 10.7. The zero-order valence-corrected chi connectivity index (χ0v) is 6.26. The first-order chi connectivity index (χ1) is 4.59. The number of nitrogens with two attached hydrogens (primary N) is 1. The molecule has 0 spiro atoms. The molecule has 4 nitrogen and oxygen atoms in total. The van der Waals surface area contributed by atoms with Crippen LogP contribution in [-0.2, 0) is 4.74 Å². The minimum absolute atomic E-state index is 0.273. The Morgan fingerprint density at radius 2 is 2.30 bits per heavy atom. The molecule has 0 aliphatic heterocycles. The van der Waals surface area contributed by atoms with Gasteiger partial charge in [0.1, 0.15) is 0 Å². The fourth-order valence-electron chi connectivity index (χ4n) is 0.386. The fraction of sp³-hybridized carbons (Fsp3) is 0.500. The molecule has 0 unspecified atom stereocenters. The average Bonchev–Trinajstić information content (AvgIpc) is 1.87. The van der Waals surface area contributed by atoms with E-state index in [1.54, 1.807) is 6.92 Å². The lowest BCUT2D eigenvalue weighted by Gasteiger charge is -2.16. The summed E-state index contributed by atoms with van der Waals surface area (Å²) in [6.45, 7) is 5.76. The highest BCUT2D eigenvalue weighted by Gasteiger charge is 2.06. The van der Waals surface area contributed by atoms with Crippen molar-refractivity contribution in [2.75, 3.05) is 13.7 Å². The number of rotatable bonds is 3. The molecule has 0 heterocycles. The van der Waals surface area contributed by atoms with Gasteiger partial charge in [-0.25, -0.2) is 4.79 Å². The Labute approximate surface area is 60.2 Å². The smallest absolute Gasteiger partial charge is 0.321 e. The summed E-state index contributed by atoms with van der Waals surface area (Å²) in [5, 5.41) is 0. The summed E-state index contributed by atoms with van der Waals surface area (Å²) < 4.78 is 4.90. The van der Waals surface area contributed by atoms with Crippen molar-refractivity contribution in [3.8, 4) is 0 Å². The molecule has 2 amide bonds. The zero-order valence-electron chi connectivity index (χ0n) is 6.26.